The summed E-state index contributed by atoms with van der Waals surface area (Å²) >= 11 is 0. The van der Waals surface area contributed by atoms with E-state index in [4.69, 9.17) is 9.90 Å². The maximum absolute atomic E-state index is 11.5. The monoisotopic (exact) mass is 324 g/mol. The molecule has 0 saturated heterocycles. The molecule has 0 saturated carbocycles. The van der Waals surface area contributed by atoms with Gasteiger partial charge in [0.2, 0.25) is 0 Å². The van der Waals surface area contributed by atoms with Gasteiger partial charge in [0, 0.05) is 0 Å². The van der Waals surface area contributed by atoms with E-state index in [1.807, 2.05) is 0 Å². The van der Waals surface area contributed by atoms with Gasteiger partial charge >= 0.3 is 11.9 Å². The first-order valence-corrected chi connectivity index (χ1v) is 5.80. The van der Waals surface area contributed by atoms with Crippen molar-refractivity contribution in [1.82, 2.24) is 0 Å². The van der Waals surface area contributed by atoms with Crippen molar-refractivity contribution in [3.8, 4) is 0 Å². The summed E-state index contributed by atoms with van der Waals surface area (Å²) < 4.78 is 0. The second-order valence-corrected chi connectivity index (χ2v) is 3.58. The van der Waals surface area contributed by atoms with Gasteiger partial charge in [0.1, 0.15) is 0 Å². The van der Waals surface area contributed by atoms with E-state index < -0.39 is 11.9 Å². The van der Waals surface area contributed by atoms with Crippen LogP contribution in [0.15, 0.2) is 60.7 Å². The predicted octanol–water partition coefficient (Wildman–Crippen LogP) is 0.667. The summed E-state index contributed by atoms with van der Waals surface area (Å²) in [7, 11) is 0. The second-order valence-electron chi connectivity index (χ2n) is 3.58. The van der Waals surface area contributed by atoms with Gasteiger partial charge < -0.3 is 16.1 Å². The van der Waals surface area contributed by atoms with E-state index in [0.29, 0.717) is 11.1 Å². The summed E-state index contributed by atoms with van der Waals surface area (Å²) in [5.41, 5.74) is 0.636. The molecule has 2 rings (SSSR count). The Kier molecular flexibility index (Phi) is 12.0. The summed E-state index contributed by atoms with van der Waals surface area (Å²) in [6.07, 6.45) is 0. The lowest BCUT2D eigenvalue weighted by molar-refractivity contribution is -0.187. The fraction of sp³-hybridized carbons (Fsp3) is 0. The van der Waals surface area contributed by atoms with E-state index in [0.717, 1.165) is 0 Å². The highest BCUT2D eigenvalue weighted by Gasteiger charge is 2.12. The summed E-state index contributed by atoms with van der Waals surface area (Å²) in [5.74, 6) is -1.42. The Morgan fingerprint density at radius 2 is 1.00 bits per heavy atom. The maximum atomic E-state index is 11.5. The smallest absolute Gasteiger partial charge is 0.386 e. The van der Waals surface area contributed by atoms with Crippen molar-refractivity contribution < 1.29 is 40.2 Å². The number of benzene rings is 2. The van der Waals surface area contributed by atoms with Gasteiger partial charge in [-0.05, 0) is 24.3 Å². The minimum absolute atomic E-state index is 0. The molecule has 2 aromatic rings. The second kappa shape index (κ2) is 12.5. The number of rotatable bonds is 2. The van der Waals surface area contributed by atoms with Gasteiger partial charge in [0.05, 0.1) is 11.1 Å². The lowest BCUT2D eigenvalue weighted by Gasteiger charge is -2.02. The van der Waals surface area contributed by atoms with Crippen LogP contribution in [0.25, 0.3) is 0 Å². The lowest BCUT2D eigenvalue weighted by Crippen LogP contribution is -2.11. The molecule has 0 spiro atoms. The van der Waals surface area contributed by atoms with E-state index in [2.05, 4.69) is 9.78 Å². The molecule has 0 aromatic heterocycles. The van der Waals surface area contributed by atoms with Gasteiger partial charge in [-0.2, -0.15) is 0 Å². The van der Waals surface area contributed by atoms with Gasteiger partial charge in [-0.3, -0.25) is 4.79 Å². The van der Waals surface area contributed by atoms with Gasteiger partial charge in [-0.15, -0.1) is 0 Å². The highest BCUT2D eigenvalue weighted by atomic mass is 17.2. The van der Waals surface area contributed by atoms with Crippen LogP contribution in [-0.4, -0.2) is 34.5 Å². The molecule has 0 bridgehead atoms. The van der Waals surface area contributed by atoms with Crippen LogP contribution in [0.1, 0.15) is 20.7 Å². The SMILES string of the molecule is O.O.O=C(OOC(=O)c1ccccc1)c1ccccc1.O=CO. The number of hydrogen-bond acceptors (Lipinski definition) is 5. The van der Waals surface area contributed by atoms with Crippen molar-refractivity contribution in [2.75, 3.05) is 0 Å². The normalized spacial score (nSPS) is 8.00. The van der Waals surface area contributed by atoms with E-state index in [1.54, 1.807) is 60.7 Å². The van der Waals surface area contributed by atoms with Crippen LogP contribution in [0.3, 0.4) is 0 Å². The Labute approximate surface area is 131 Å². The van der Waals surface area contributed by atoms with Crippen molar-refractivity contribution >= 4 is 18.4 Å². The molecular formula is C15H16O8. The molecule has 8 heteroatoms. The highest BCUT2D eigenvalue weighted by molar-refractivity contribution is 5.92. The Morgan fingerprint density at radius 1 is 0.739 bits per heavy atom. The van der Waals surface area contributed by atoms with Crippen LogP contribution < -0.4 is 0 Å². The predicted molar refractivity (Wildman–Crippen MR) is 79.6 cm³/mol. The van der Waals surface area contributed by atoms with Crippen LogP contribution >= 0.6 is 0 Å². The zero-order valence-corrected chi connectivity index (χ0v) is 11.8. The minimum atomic E-state index is -0.708. The molecule has 5 N–H and O–H groups in total. The quantitative estimate of drug-likeness (QED) is 0.486. The molecule has 2 aromatic carbocycles. The molecule has 0 aliphatic carbocycles. The average Bonchev–Trinajstić information content (AvgIpc) is 2.54. The van der Waals surface area contributed by atoms with E-state index >= 15 is 0 Å². The average molecular weight is 324 g/mol. The lowest BCUT2D eigenvalue weighted by atomic mass is 10.2. The molecule has 0 atom stereocenters. The first-order valence-electron chi connectivity index (χ1n) is 5.80. The molecule has 23 heavy (non-hydrogen) atoms. The topological polar surface area (TPSA) is 153 Å². The fourth-order valence-corrected chi connectivity index (χ4v) is 1.32. The Hall–Kier alpha value is -3.23. The summed E-state index contributed by atoms with van der Waals surface area (Å²) in [6.45, 7) is -0.250. The maximum Gasteiger partial charge on any atom is 0.386 e. The van der Waals surface area contributed by atoms with Crippen molar-refractivity contribution in [2.24, 2.45) is 0 Å². The third-order valence-electron chi connectivity index (χ3n) is 2.21. The van der Waals surface area contributed by atoms with E-state index in [1.165, 1.54) is 0 Å². The van der Waals surface area contributed by atoms with Gasteiger partial charge in [-0.1, -0.05) is 36.4 Å². The molecule has 124 valence electrons. The summed E-state index contributed by atoms with van der Waals surface area (Å²) in [5, 5.41) is 6.89. The highest BCUT2D eigenvalue weighted by Crippen LogP contribution is 2.05. The van der Waals surface area contributed by atoms with Crippen molar-refractivity contribution in [3.63, 3.8) is 0 Å². The fourth-order valence-electron chi connectivity index (χ4n) is 1.32. The molecular weight excluding hydrogens is 308 g/mol. The van der Waals surface area contributed by atoms with Crippen LogP contribution in [0.4, 0.5) is 0 Å². The number of carboxylic acid groups (broad SMARTS) is 1. The number of carbonyl (C=O) groups excluding carboxylic acids is 2. The molecule has 0 aliphatic rings. The zero-order valence-electron chi connectivity index (χ0n) is 11.8. The van der Waals surface area contributed by atoms with Crippen molar-refractivity contribution in [2.45, 2.75) is 0 Å². The molecule has 0 fully saturated rings. The van der Waals surface area contributed by atoms with Crippen LogP contribution in [0.2, 0.25) is 0 Å². The van der Waals surface area contributed by atoms with Crippen molar-refractivity contribution in [1.29, 1.82) is 0 Å². The van der Waals surface area contributed by atoms with E-state index in [-0.39, 0.29) is 17.4 Å². The van der Waals surface area contributed by atoms with Gasteiger partial charge in [0.25, 0.3) is 6.47 Å². The summed E-state index contributed by atoms with van der Waals surface area (Å²) in [6, 6.07) is 16.6. The van der Waals surface area contributed by atoms with Crippen LogP contribution in [-0.2, 0) is 14.6 Å². The standard InChI is InChI=1S/C14H10O4.CH2O2.2H2O/c15-13(11-7-3-1-4-8-11)17-18-14(16)12-9-5-2-6-10-12;2-1-3;;/h1-10H;1H,(H,2,3);2*1H2. The van der Waals surface area contributed by atoms with Crippen LogP contribution in [0, 0.1) is 0 Å². The number of hydrogen-bond donors (Lipinski definition) is 1. The van der Waals surface area contributed by atoms with Gasteiger partial charge in [-0.25, -0.2) is 19.4 Å². The molecule has 0 heterocycles. The van der Waals surface area contributed by atoms with Crippen LogP contribution in [0.5, 0.6) is 0 Å². The molecule has 0 radical (unpaired) electrons. The molecule has 8 nitrogen and oxygen atoms in total. The zero-order chi connectivity index (χ0) is 15.5. The Morgan fingerprint density at radius 3 is 1.26 bits per heavy atom. The Bertz CT molecular complexity index is 531. The largest absolute Gasteiger partial charge is 0.483 e. The third-order valence-corrected chi connectivity index (χ3v) is 2.21. The van der Waals surface area contributed by atoms with E-state index in [9.17, 15) is 9.59 Å². The first kappa shape index (κ1) is 22.1. The molecule has 0 amide bonds. The van der Waals surface area contributed by atoms with Crippen molar-refractivity contribution in [3.05, 3.63) is 71.8 Å². The molecule has 0 aliphatic heterocycles. The van der Waals surface area contributed by atoms with Gasteiger partial charge in [0.15, 0.2) is 0 Å². The first-order chi connectivity index (χ1) is 10.2. The Balaban J connectivity index is 0. The molecule has 0 unspecified atom stereocenters. The minimum Gasteiger partial charge on any atom is -0.483 e. The third kappa shape index (κ3) is 7.95. The summed E-state index contributed by atoms with van der Waals surface area (Å²) in [4.78, 5) is 40.2. The number of carbonyl (C=O) groups is 3.